The smallest absolute Gasteiger partial charge is 0.256 e. The van der Waals surface area contributed by atoms with Crippen molar-refractivity contribution >= 4 is 28.9 Å². The van der Waals surface area contributed by atoms with E-state index >= 15 is 0 Å². The van der Waals surface area contributed by atoms with Crippen molar-refractivity contribution in [3.05, 3.63) is 7.11 Å². The Morgan fingerprint density at radius 2 is 1.77 bits per heavy atom. The summed E-state index contributed by atoms with van der Waals surface area (Å²) in [7, 11) is 3.30. The minimum Gasteiger partial charge on any atom is -0.555 e. The first kappa shape index (κ1) is 15.2. The van der Waals surface area contributed by atoms with Crippen molar-refractivity contribution in [2.75, 3.05) is 6.61 Å². The molecular formula is C8H17Cl2ORfSi-. The maximum Gasteiger partial charge on any atom is 0.256 e. The van der Waals surface area contributed by atoms with Gasteiger partial charge in [0.15, 0.2) is 0 Å². The molecule has 0 aliphatic carbocycles. The molecule has 0 saturated carbocycles. The summed E-state index contributed by atoms with van der Waals surface area (Å²) in [6, 6.07) is 0.870. The SMILES string of the molecule is [CH2-]OCCC[Si](Cl)(Cl)C(C)(C)C.[Rf]. The summed E-state index contributed by atoms with van der Waals surface area (Å²) >= 11 is 12.6. The molecule has 5 heteroatoms. The Bertz CT molecular complexity index is 137. The molecule has 0 aromatic carbocycles. The van der Waals surface area contributed by atoms with E-state index in [1.807, 2.05) is 0 Å². The first-order valence-corrected chi connectivity index (χ1v) is 8.29. The molecule has 0 amide bonds. The largest absolute Gasteiger partial charge is 0.555 e. The number of rotatable bonds is 4. The monoisotopic (exact) mass is 494 g/mol. The fourth-order valence-electron chi connectivity index (χ4n) is 0.771. The van der Waals surface area contributed by atoms with E-state index in [1.165, 1.54) is 0 Å². The fourth-order valence-corrected chi connectivity index (χ4v) is 2.91. The van der Waals surface area contributed by atoms with Gasteiger partial charge in [-0.3, -0.25) is 0 Å². The van der Waals surface area contributed by atoms with E-state index in [1.54, 1.807) is 0 Å². The molecule has 0 atom stereocenters. The summed E-state index contributed by atoms with van der Waals surface area (Å²) in [6.45, 7) is 4.80. The zero-order valence-corrected chi connectivity index (χ0v) is 17.6. The minimum absolute atomic E-state index is 0. The second-order valence-electron chi connectivity index (χ2n) is 3.97. The first-order chi connectivity index (χ1) is 5.31. The van der Waals surface area contributed by atoms with Crippen molar-refractivity contribution in [3.63, 3.8) is 0 Å². The molecule has 0 N–H and O–H groups in total. The topological polar surface area (TPSA) is 9.23 Å². The van der Waals surface area contributed by atoms with Crippen molar-refractivity contribution in [3.8, 4) is 0 Å². The molecule has 0 aromatic rings. The molecule has 0 aliphatic heterocycles. The predicted octanol–water partition coefficient (Wildman–Crippen LogP) is 3.90. The Morgan fingerprint density at radius 3 is 2.08 bits per heavy atom. The van der Waals surface area contributed by atoms with Crippen LogP contribution in [0.1, 0.15) is 27.2 Å². The van der Waals surface area contributed by atoms with E-state index < -0.39 is 6.69 Å². The molecule has 0 aromatic heterocycles. The van der Waals surface area contributed by atoms with Crippen LogP contribution in [0.15, 0.2) is 0 Å². The predicted molar refractivity (Wildman–Crippen MR) is 57.9 cm³/mol. The molecule has 0 bridgehead atoms. The molecule has 0 aliphatic rings. The standard InChI is InChI=1S/C8H17Cl2OSi.Rf/c1-8(2,3)12(9,10)7-5-6-11-4;/h4-7H2,1-3H3;/q-1;. The van der Waals surface area contributed by atoms with Crippen molar-refractivity contribution in [1.82, 2.24) is 0 Å². The van der Waals surface area contributed by atoms with Gasteiger partial charge in [-0.05, 0) is 17.5 Å². The van der Waals surface area contributed by atoms with Gasteiger partial charge in [-0.2, -0.15) is 0 Å². The molecule has 1 nitrogen and oxygen atoms in total. The van der Waals surface area contributed by atoms with Crippen molar-refractivity contribution in [2.45, 2.75) is 38.3 Å². The molecule has 0 heterocycles. The number of ether oxygens (including phenoxy) is 1. The second-order valence-corrected chi connectivity index (χ2v) is 11.8. The third-order valence-electron chi connectivity index (χ3n) is 1.88. The van der Waals surface area contributed by atoms with Gasteiger partial charge in [-0.25, -0.2) is 7.11 Å². The Balaban J connectivity index is 0. The van der Waals surface area contributed by atoms with Gasteiger partial charge in [-0.1, -0.05) is 20.8 Å². The zero-order valence-electron chi connectivity index (χ0n) is 8.70. The third kappa shape index (κ3) is 5.14. The molecule has 0 spiro atoms. The van der Waals surface area contributed by atoms with Crippen LogP contribution < -0.4 is 0 Å². The molecule has 0 unspecified atom stereocenters. The van der Waals surface area contributed by atoms with Gasteiger partial charge >= 0.3 is 0 Å². The van der Waals surface area contributed by atoms with E-state index in [0.717, 1.165) is 12.5 Å². The van der Waals surface area contributed by atoms with Gasteiger partial charge in [0.1, 0.15) is 0 Å². The zero-order chi connectivity index (χ0) is 9.83. The maximum atomic E-state index is 6.28. The maximum absolute atomic E-state index is 6.28. The molecule has 0 radical (unpaired) electrons. The van der Waals surface area contributed by atoms with Crippen molar-refractivity contribution in [2.24, 2.45) is 0 Å². The van der Waals surface area contributed by atoms with Crippen LogP contribution in [0.25, 0.3) is 0 Å². The van der Waals surface area contributed by atoms with Gasteiger partial charge in [0.2, 0.25) is 0 Å². The molecule has 0 fully saturated rings. The van der Waals surface area contributed by atoms with E-state index in [9.17, 15) is 0 Å². The van der Waals surface area contributed by atoms with E-state index in [-0.39, 0.29) is 5.04 Å². The quantitative estimate of drug-likeness (QED) is 0.249. The third-order valence-corrected chi connectivity index (χ3v) is 9.59. The molecular weight excluding hydrogens is 478 g/mol. The van der Waals surface area contributed by atoms with E-state index in [2.05, 4.69) is 27.9 Å². The number of hydrogen-bond acceptors (Lipinski definition) is 1. The average Bonchev–Trinajstić information content (AvgIpc) is 1.85. The van der Waals surface area contributed by atoms with Crippen LogP contribution in [0.2, 0.25) is 11.1 Å². The van der Waals surface area contributed by atoms with Gasteiger partial charge in [-0.15, -0.1) is 22.2 Å². The van der Waals surface area contributed by atoms with E-state index in [0.29, 0.717) is 6.61 Å². The molecule has 76 valence electrons. The Hall–Kier alpha value is -0.243. The van der Waals surface area contributed by atoms with Crippen LogP contribution in [0.4, 0.5) is 0 Å². The van der Waals surface area contributed by atoms with E-state index in [4.69, 9.17) is 26.9 Å². The number of halogens is 2. The summed E-state index contributed by atoms with van der Waals surface area (Å²) in [6.07, 6.45) is 0.903. The van der Waals surface area contributed by atoms with Gasteiger partial charge < -0.3 is 4.74 Å². The molecule has 13 heavy (non-hydrogen) atoms. The van der Waals surface area contributed by atoms with Crippen LogP contribution in [0.3, 0.4) is 0 Å². The van der Waals surface area contributed by atoms with Gasteiger partial charge in [0.25, 0.3) is 6.69 Å². The summed E-state index contributed by atoms with van der Waals surface area (Å²) in [5, 5.41) is 0.0390. The van der Waals surface area contributed by atoms with Crippen LogP contribution in [0.5, 0.6) is 0 Å². The second kappa shape index (κ2) is 5.48. The van der Waals surface area contributed by atoms with Crippen molar-refractivity contribution in [1.29, 1.82) is 0 Å². The molecule has 0 rings (SSSR count). The summed E-state index contributed by atoms with van der Waals surface area (Å²) in [4.78, 5) is 0. The fraction of sp³-hybridized carbons (Fsp3) is 0.875. The normalized spacial score (nSPS) is 12.5. The van der Waals surface area contributed by atoms with Gasteiger partial charge in [0.05, 0.1) is 0 Å². The number of hydrogen-bond donors (Lipinski definition) is 0. The summed E-state index contributed by atoms with van der Waals surface area (Å²) in [5.41, 5.74) is 0. The van der Waals surface area contributed by atoms with Gasteiger partial charge in [0, 0.05) is 6.61 Å². The van der Waals surface area contributed by atoms with Crippen LogP contribution in [0, 0.1) is 7.11 Å². The van der Waals surface area contributed by atoms with Crippen molar-refractivity contribution < 1.29 is 4.74 Å². The first-order valence-electron chi connectivity index (χ1n) is 4.06. The summed E-state index contributed by atoms with van der Waals surface area (Å²) < 4.78 is 4.70. The Morgan fingerprint density at radius 1 is 1.31 bits per heavy atom. The van der Waals surface area contributed by atoms with Crippen LogP contribution >= 0.6 is 22.2 Å². The molecule has 0 saturated heterocycles. The Kier molecular flexibility index (Phi) is 6.42. The summed E-state index contributed by atoms with van der Waals surface area (Å²) in [5.74, 6) is 0. The minimum atomic E-state index is -2.11. The average molecular weight is 495 g/mol. The van der Waals surface area contributed by atoms with Crippen LogP contribution in [-0.2, 0) is 4.74 Å². The van der Waals surface area contributed by atoms with Crippen LogP contribution in [-0.4, -0.2) is 13.3 Å². The Labute approximate surface area is 85.8 Å².